The molecule has 3 amide bonds. The zero-order valence-electron chi connectivity index (χ0n) is 38.0. The van der Waals surface area contributed by atoms with E-state index in [9.17, 15) is 22.8 Å². The number of carbonyl (C=O) groups excluding carboxylic acids is 3. The maximum Gasteiger partial charge on any atom is 0.255 e. The van der Waals surface area contributed by atoms with Crippen LogP contribution in [-0.4, -0.2) is 139 Å². The molecular formula is C48H56BrN11O6S. The van der Waals surface area contributed by atoms with Crippen LogP contribution in [0.5, 0.6) is 5.75 Å². The van der Waals surface area contributed by atoms with Crippen LogP contribution in [0.1, 0.15) is 53.6 Å². The fourth-order valence-electron chi connectivity index (χ4n) is 10.7. The van der Waals surface area contributed by atoms with Gasteiger partial charge < -0.3 is 35.0 Å². The molecule has 67 heavy (non-hydrogen) atoms. The average Bonchev–Trinajstić information content (AvgIpc) is 4.06. The van der Waals surface area contributed by atoms with E-state index in [0.717, 1.165) is 112 Å². The molecule has 7 heterocycles. The van der Waals surface area contributed by atoms with Gasteiger partial charge in [0.1, 0.15) is 17.6 Å². The summed E-state index contributed by atoms with van der Waals surface area (Å²) in [5.74, 6) is 1.30. The van der Waals surface area contributed by atoms with Gasteiger partial charge in [0.05, 0.1) is 34.7 Å². The lowest BCUT2D eigenvalue weighted by Gasteiger charge is -2.44. The van der Waals surface area contributed by atoms with Crippen molar-refractivity contribution in [1.29, 1.82) is 0 Å². The predicted molar refractivity (Wildman–Crippen MR) is 262 cm³/mol. The third-order valence-corrected chi connectivity index (χ3v) is 15.8. The number of para-hydroxylation sites is 1. The summed E-state index contributed by atoms with van der Waals surface area (Å²) in [6, 6.07) is 17.5. The van der Waals surface area contributed by atoms with Gasteiger partial charge in [0.25, 0.3) is 5.91 Å². The highest BCUT2D eigenvalue weighted by molar-refractivity contribution is 9.10. The van der Waals surface area contributed by atoms with Crippen molar-refractivity contribution < 1.29 is 27.5 Å². The topological polar surface area (TPSA) is 178 Å². The molecule has 0 spiro atoms. The fraction of sp³-hybridized carbons (Fsp3) is 0.438. The smallest absolute Gasteiger partial charge is 0.255 e. The number of hydrogen-bond acceptors (Lipinski definition) is 14. The highest BCUT2D eigenvalue weighted by Gasteiger charge is 2.40. The molecule has 5 aliphatic rings. The van der Waals surface area contributed by atoms with Crippen LogP contribution >= 0.6 is 15.9 Å². The highest BCUT2D eigenvalue weighted by atomic mass is 79.9. The second-order valence-electron chi connectivity index (χ2n) is 18.5. The molecule has 5 aromatic rings. The van der Waals surface area contributed by atoms with Crippen molar-refractivity contribution in [1.82, 2.24) is 34.0 Å². The Labute approximate surface area is 399 Å². The van der Waals surface area contributed by atoms with Gasteiger partial charge in [0, 0.05) is 119 Å². The minimum Gasteiger partial charge on any atom is -0.494 e. The van der Waals surface area contributed by atoms with E-state index in [1.807, 2.05) is 30.3 Å². The number of amides is 3. The van der Waals surface area contributed by atoms with Crippen LogP contribution in [0.4, 0.5) is 34.5 Å². The van der Waals surface area contributed by atoms with E-state index in [1.54, 1.807) is 30.5 Å². The quantitative estimate of drug-likeness (QED) is 0.130. The Morgan fingerprint density at radius 2 is 1.69 bits per heavy atom. The molecule has 4 fully saturated rings. The first-order valence-corrected chi connectivity index (χ1v) is 25.7. The lowest BCUT2D eigenvalue weighted by molar-refractivity contribution is -0.136. The lowest BCUT2D eigenvalue weighted by atomic mass is 10.00. The van der Waals surface area contributed by atoms with Gasteiger partial charge in [-0.25, -0.2) is 17.4 Å². The second-order valence-corrected chi connectivity index (χ2v) is 21.2. The Hall–Kier alpha value is -5.76. The van der Waals surface area contributed by atoms with E-state index in [2.05, 4.69) is 81.6 Å². The van der Waals surface area contributed by atoms with Crippen LogP contribution in [0.25, 0.3) is 10.9 Å². The van der Waals surface area contributed by atoms with E-state index in [1.165, 1.54) is 10.2 Å². The number of anilines is 6. The van der Waals surface area contributed by atoms with Gasteiger partial charge in [-0.2, -0.15) is 4.98 Å². The van der Waals surface area contributed by atoms with Crippen molar-refractivity contribution >= 4 is 89.1 Å². The number of benzene rings is 3. The predicted octanol–water partition coefficient (Wildman–Crippen LogP) is 5.68. The normalized spacial score (nSPS) is 21.0. The molecule has 10 rings (SSSR count). The van der Waals surface area contributed by atoms with Crippen molar-refractivity contribution in [2.24, 2.45) is 5.92 Å². The summed E-state index contributed by atoms with van der Waals surface area (Å²) < 4.78 is 32.9. The molecule has 352 valence electrons. The second kappa shape index (κ2) is 18.4. The summed E-state index contributed by atoms with van der Waals surface area (Å²) >= 11 is 3.56. The largest absolute Gasteiger partial charge is 0.494 e. The third-order valence-electron chi connectivity index (χ3n) is 14.2. The number of piperazine rings is 1. The Balaban J connectivity index is 0.705. The summed E-state index contributed by atoms with van der Waals surface area (Å²) in [7, 11) is -1.86. The maximum absolute atomic E-state index is 13.2. The van der Waals surface area contributed by atoms with Gasteiger partial charge in [0.2, 0.25) is 27.8 Å². The number of rotatable bonds is 12. The van der Waals surface area contributed by atoms with Crippen LogP contribution in [-0.2, 0) is 26.2 Å². The molecular weight excluding hydrogens is 939 g/mol. The molecule has 17 nitrogen and oxygen atoms in total. The first-order chi connectivity index (χ1) is 32.3. The Kier molecular flexibility index (Phi) is 12.4. The first kappa shape index (κ1) is 45.0. The van der Waals surface area contributed by atoms with Crippen LogP contribution in [0, 0.1) is 12.8 Å². The molecule has 0 aliphatic carbocycles. The van der Waals surface area contributed by atoms with Crippen molar-refractivity contribution in [3.63, 3.8) is 0 Å². The molecule has 4 saturated heterocycles. The van der Waals surface area contributed by atoms with Gasteiger partial charge in [-0.15, -0.1) is 0 Å². The monoisotopic (exact) mass is 993 g/mol. The molecule has 3 N–H and O–H groups in total. The number of carbonyl (C=O) groups is 3. The number of nitrogens with one attached hydrogen (secondary N) is 3. The lowest BCUT2D eigenvalue weighted by Crippen LogP contribution is -2.54. The number of fused-ring (bicyclic) bond motifs is 2. The summed E-state index contributed by atoms with van der Waals surface area (Å²) in [6.45, 7) is 11.8. The van der Waals surface area contributed by atoms with Crippen LogP contribution < -0.4 is 30.5 Å². The molecule has 0 saturated carbocycles. The van der Waals surface area contributed by atoms with E-state index in [0.29, 0.717) is 63.7 Å². The van der Waals surface area contributed by atoms with Crippen LogP contribution in [0.15, 0.2) is 71.5 Å². The Bertz CT molecular complexity index is 2860. The minimum atomic E-state index is -3.53. The van der Waals surface area contributed by atoms with Crippen molar-refractivity contribution in [3.8, 4) is 5.75 Å². The maximum atomic E-state index is 13.2. The number of halogens is 1. The third kappa shape index (κ3) is 9.17. The number of nitrogens with zero attached hydrogens (tertiary/aromatic N) is 8. The van der Waals surface area contributed by atoms with Crippen molar-refractivity contribution in [2.75, 3.05) is 92.7 Å². The molecule has 2 atom stereocenters. The zero-order valence-corrected chi connectivity index (χ0v) is 40.4. The molecule has 3 aromatic carbocycles. The fourth-order valence-corrected chi connectivity index (χ4v) is 11.8. The minimum absolute atomic E-state index is 0.131. The van der Waals surface area contributed by atoms with Gasteiger partial charge in [-0.1, -0.05) is 12.1 Å². The molecule has 0 bridgehead atoms. The highest BCUT2D eigenvalue weighted by Crippen LogP contribution is 2.38. The number of hydrogen-bond donors (Lipinski definition) is 3. The number of aromatic nitrogens is 3. The Morgan fingerprint density at radius 1 is 0.896 bits per heavy atom. The average molecular weight is 995 g/mol. The number of ether oxygens (including phenoxy) is 1. The number of aryl methyl sites for hydroxylation is 1. The van der Waals surface area contributed by atoms with Crippen LogP contribution in [0.3, 0.4) is 0 Å². The molecule has 5 aliphatic heterocycles. The number of methoxy groups -OCH3 is 1. The molecule has 0 radical (unpaired) electrons. The van der Waals surface area contributed by atoms with Crippen molar-refractivity contribution in [3.05, 3.63) is 88.2 Å². The summed E-state index contributed by atoms with van der Waals surface area (Å²) in [5.41, 5.74) is 6.88. The SMILES string of the molecule is COc1cc(N2CCC(N3CCN(CC4CCN(c5ccc6c(c5)CN(C5CCC(=O)NC5=O)C6=O)C4)CC3)CC2)c(C)cc1Nc1ncc(Br)c(Nc2cccc3ccn(S(C)(=O)=O)c23)n1. The molecule has 2 unspecified atom stereocenters. The number of piperidine rings is 2. The van der Waals surface area contributed by atoms with E-state index in [4.69, 9.17) is 9.72 Å². The van der Waals surface area contributed by atoms with Crippen molar-refractivity contribution in [2.45, 2.75) is 57.7 Å². The van der Waals surface area contributed by atoms with E-state index < -0.39 is 16.1 Å². The number of imide groups is 1. The van der Waals surface area contributed by atoms with Gasteiger partial charge in [-0.05, 0) is 102 Å². The summed E-state index contributed by atoms with van der Waals surface area (Å²) in [5, 5.41) is 9.83. The van der Waals surface area contributed by atoms with E-state index >= 15 is 0 Å². The summed E-state index contributed by atoms with van der Waals surface area (Å²) in [6.07, 6.45) is 8.34. The van der Waals surface area contributed by atoms with Gasteiger partial charge in [0.15, 0.2) is 0 Å². The zero-order chi connectivity index (χ0) is 46.6. The van der Waals surface area contributed by atoms with Gasteiger partial charge in [-0.3, -0.25) is 24.6 Å². The van der Waals surface area contributed by atoms with Crippen LogP contribution in [0.2, 0.25) is 0 Å². The Morgan fingerprint density at radius 3 is 2.45 bits per heavy atom. The molecule has 2 aromatic heterocycles. The first-order valence-electron chi connectivity index (χ1n) is 23.1. The molecule has 19 heteroatoms. The van der Waals surface area contributed by atoms with Gasteiger partial charge >= 0.3 is 0 Å². The summed E-state index contributed by atoms with van der Waals surface area (Å²) in [4.78, 5) is 58.6. The van der Waals surface area contributed by atoms with E-state index in [-0.39, 0.29) is 24.1 Å². The standard InChI is InChI=1S/C48H56BrN11O6S/c1-30-23-39(52-48-50-26-37(49)45(54-48)51-38-6-4-5-32-12-18-60(44(32)38)67(3,64)65)42(66-2)25-41(30)57-16-13-34(14-17-57)56-21-19-55(20-22-56)27-31-11-15-58(28-31)35-7-8-36-33(24-35)29-59(47(36)63)40-9-10-43(61)53-46(40)62/h4-8,12,18,23-26,31,34,40H,9-11,13-17,19-22,27-29H2,1-3H3,(H,53,61,62)(H2,50,51,52,54).